The molecule has 4 nitrogen and oxygen atoms in total. The van der Waals surface area contributed by atoms with Gasteiger partial charge in [-0.15, -0.1) is 11.3 Å². The molecule has 0 aliphatic heterocycles. The van der Waals surface area contributed by atoms with E-state index < -0.39 is 10.0 Å². The van der Waals surface area contributed by atoms with Crippen molar-refractivity contribution in [3.63, 3.8) is 0 Å². The topological polar surface area (TPSA) is 70.0 Å². The molecule has 0 fully saturated rings. The van der Waals surface area contributed by atoms with E-state index in [0.29, 0.717) is 5.39 Å². The number of benzene rings is 1. The molecule has 0 saturated carbocycles. The Kier molecular flexibility index (Phi) is 3.15. The monoisotopic (exact) mass is 266 g/mol. The van der Waals surface area contributed by atoms with Gasteiger partial charge >= 0.3 is 0 Å². The summed E-state index contributed by atoms with van der Waals surface area (Å²) in [6, 6.07) is 9.10. The molecule has 0 atom stereocenters. The zero-order valence-corrected chi connectivity index (χ0v) is 10.7. The summed E-state index contributed by atoms with van der Waals surface area (Å²) in [5.74, 6) is 0. The number of fused-ring (bicyclic) bond motifs is 1. The van der Waals surface area contributed by atoms with Gasteiger partial charge in [0.15, 0.2) is 0 Å². The van der Waals surface area contributed by atoms with Gasteiger partial charge in [-0.3, -0.25) is 0 Å². The van der Waals surface area contributed by atoms with Crippen molar-refractivity contribution in [1.29, 1.82) is 5.26 Å². The smallest absolute Gasteiger partial charge is 0.207 e. The maximum atomic E-state index is 12.0. The van der Waals surface area contributed by atoms with Crippen molar-refractivity contribution >= 4 is 31.4 Å². The van der Waals surface area contributed by atoms with Crippen LogP contribution in [-0.2, 0) is 10.0 Å². The normalized spacial score (nSPS) is 11.5. The molecule has 0 saturated heterocycles. The second-order valence-corrected chi connectivity index (χ2v) is 6.43. The van der Waals surface area contributed by atoms with E-state index in [4.69, 9.17) is 5.26 Å². The lowest BCUT2D eigenvalue weighted by Gasteiger charge is -2.03. The zero-order chi connectivity index (χ0) is 12.5. The molecule has 0 unspecified atom stereocenters. The highest BCUT2D eigenvalue weighted by Gasteiger charge is 2.21. The molecule has 1 N–H and O–H groups in total. The van der Waals surface area contributed by atoms with Crippen molar-refractivity contribution in [2.24, 2.45) is 0 Å². The zero-order valence-electron chi connectivity index (χ0n) is 9.10. The number of thiophene rings is 1. The van der Waals surface area contributed by atoms with E-state index in [0.717, 1.165) is 9.58 Å². The molecule has 1 heterocycles. The lowest BCUT2D eigenvalue weighted by Crippen LogP contribution is -2.24. The summed E-state index contributed by atoms with van der Waals surface area (Å²) in [6.45, 7) is 1.55. The Morgan fingerprint density at radius 2 is 2.12 bits per heavy atom. The molecule has 0 aliphatic carbocycles. The molecular weight excluding hydrogens is 256 g/mol. The number of rotatable bonds is 3. The van der Waals surface area contributed by atoms with Crippen LogP contribution in [-0.4, -0.2) is 15.0 Å². The van der Waals surface area contributed by atoms with Crippen LogP contribution in [0.2, 0.25) is 0 Å². The molecule has 2 aromatic rings. The summed E-state index contributed by atoms with van der Waals surface area (Å²) < 4.78 is 27.3. The largest absolute Gasteiger partial charge is 0.243 e. The van der Waals surface area contributed by atoms with Crippen LogP contribution in [0.1, 0.15) is 4.88 Å². The maximum Gasteiger partial charge on any atom is 0.243 e. The lowest BCUT2D eigenvalue weighted by molar-refractivity contribution is 0.586. The molecular formula is C11H10N2O2S2. The summed E-state index contributed by atoms with van der Waals surface area (Å²) in [6.07, 6.45) is 0. The van der Waals surface area contributed by atoms with Gasteiger partial charge in [-0.1, -0.05) is 18.2 Å². The van der Waals surface area contributed by atoms with Gasteiger partial charge in [-0.2, -0.15) is 9.98 Å². The third-order valence-corrected chi connectivity index (χ3v) is 5.13. The summed E-state index contributed by atoms with van der Waals surface area (Å²) in [5.41, 5.74) is 0. The summed E-state index contributed by atoms with van der Waals surface area (Å²) in [4.78, 5) is 1.02. The third kappa shape index (κ3) is 2.17. The number of nitrogens with one attached hydrogen (secondary N) is 1. The van der Waals surface area contributed by atoms with Crippen molar-refractivity contribution in [2.75, 3.05) is 6.54 Å². The lowest BCUT2D eigenvalue weighted by atomic mass is 10.2. The minimum Gasteiger partial charge on any atom is -0.207 e. The Bertz CT molecular complexity index is 696. The molecule has 1 aromatic heterocycles. The van der Waals surface area contributed by atoms with Crippen LogP contribution < -0.4 is 4.72 Å². The Labute approximate surface area is 104 Å². The minimum absolute atomic E-state index is 0.216. The summed E-state index contributed by atoms with van der Waals surface area (Å²) in [5, 5.41) is 9.14. The van der Waals surface area contributed by atoms with Crippen molar-refractivity contribution in [1.82, 2.24) is 4.72 Å². The number of nitriles is 1. The van der Waals surface area contributed by atoms with E-state index in [9.17, 15) is 8.42 Å². The van der Waals surface area contributed by atoms with E-state index in [1.165, 1.54) is 11.3 Å². The van der Waals surface area contributed by atoms with Gasteiger partial charge < -0.3 is 0 Å². The van der Waals surface area contributed by atoms with E-state index in [1.54, 1.807) is 25.1 Å². The van der Waals surface area contributed by atoms with Crippen molar-refractivity contribution in [2.45, 2.75) is 11.8 Å². The van der Waals surface area contributed by atoms with E-state index in [-0.39, 0.29) is 11.4 Å². The highest BCUT2D eigenvalue weighted by Crippen LogP contribution is 2.33. The van der Waals surface area contributed by atoms with Crippen LogP contribution in [0.4, 0.5) is 0 Å². The van der Waals surface area contributed by atoms with Gasteiger partial charge in [-0.05, 0) is 13.0 Å². The Morgan fingerprint density at radius 1 is 1.41 bits per heavy atom. The Balaban J connectivity index is 2.63. The molecule has 0 aliphatic rings. The molecule has 0 amide bonds. The first-order valence-corrected chi connectivity index (χ1v) is 7.21. The first-order chi connectivity index (χ1) is 8.06. The Hall–Kier alpha value is -1.42. The van der Waals surface area contributed by atoms with Crippen LogP contribution >= 0.6 is 11.3 Å². The molecule has 6 heteroatoms. The Morgan fingerprint density at radius 3 is 2.82 bits per heavy atom. The summed E-state index contributed by atoms with van der Waals surface area (Å²) in [7, 11) is -3.60. The van der Waals surface area contributed by atoms with E-state index in [1.807, 2.05) is 12.1 Å². The average Bonchev–Trinajstić information content (AvgIpc) is 2.63. The van der Waals surface area contributed by atoms with Gasteiger partial charge in [0.1, 0.15) is 4.90 Å². The van der Waals surface area contributed by atoms with Gasteiger partial charge in [0.2, 0.25) is 10.0 Å². The quantitative estimate of drug-likeness (QED) is 0.864. The van der Waals surface area contributed by atoms with Crippen LogP contribution in [0.3, 0.4) is 0 Å². The number of sulfonamides is 1. The second-order valence-electron chi connectivity index (χ2n) is 3.47. The number of hydrogen-bond donors (Lipinski definition) is 1. The van der Waals surface area contributed by atoms with Crippen molar-refractivity contribution in [3.05, 3.63) is 29.1 Å². The number of aryl methyl sites for hydroxylation is 1. The predicted octanol–water partition coefficient (Wildman–Crippen LogP) is 2.01. The summed E-state index contributed by atoms with van der Waals surface area (Å²) >= 11 is 1.44. The SMILES string of the molecule is Cc1sc2ccccc2c1S(=O)(=O)NCC#N. The first-order valence-electron chi connectivity index (χ1n) is 4.91. The van der Waals surface area contributed by atoms with Crippen molar-refractivity contribution in [3.8, 4) is 6.07 Å². The first kappa shape index (κ1) is 12.0. The average molecular weight is 266 g/mol. The highest BCUT2D eigenvalue weighted by molar-refractivity contribution is 7.90. The number of nitrogens with zero attached hydrogens (tertiary/aromatic N) is 1. The molecule has 0 bridgehead atoms. The predicted molar refractivity (Wildman–Crippen MR) is 67.4 cm³/mol. The molecule has 1 aromatic carbocycles. The fourth-order valence-electron chi connectivity index (χ4n) is 1.68. The molecule has 88 valence electrons. The fourth-order valence-corrected chi connectivity index (χ4v) is 4.40. The fraction of sp³-hybridized carbons (Fsp3) is 0.182. The molecule has 17 heavy (non-hydrogen) atoms. The van der Waals surface area contributed by atoms with Crippen LogP contribution in [0.15, 0.2) is 29.2 Å². The minimum atomic E-state index is -3.60. The van der Waals surface area contributed by atoms with Crippen LogP contribution in [0.25, 0.3) is 10.1 Å². The van der Waals surface area contributed by atoms with Gasteiger partial charge in [0.25, 0.3) is 0 Å². The molecule has 0 spiro atoms. The van der Waals surface area contributed by atoms with Gasteiger partial charge in [0.05, 0.1) is 12.6 Å². The van der Waals surface area contributed by atoms with Gasteiger partial charge in [-0.25, -0.2) is 8.42 Å². The number of hydrogen-bond acceptors (Lipinski definition) is 4. The van der Waals surface area contributed by atoms with Crippen molar-refractivity contribution < 1.29 is 8.42 Å². The van der Waals surface area contributed by atoms with E-state index >= 15 is 0 Å². The standard InChI is InChI=1S/C11H10N2O2S2/c1-8-11(17(14,15)13-7-6-12)9-4-2-3-5-10(9)16-8/h2-5,13H,7H2,1H3. The van der Waals surface area contributed by atoms with E-state index in [2.05, 4.69) is 4.72 Å². The molecule has 2 rings (SSSR count). The van der Waals surface area contributed by atoms with Crippen LogP contribution in [0, 0.1) is 18.3 Å². The molecule has 0 radical (unpaired) electrons. The maximum absolute atomic E-state index is 12.0. The van der Waals surface area contributed by atoms with Crippen LogP contribution in [0.5, 0.6) is 0 Å². The third-order valence-electron chi connectivity index (χ3n) is 2.32. The second kappa shape index (κ2) is 4.45. The highest BCUT2D eigenvalue weighted by atomic mass is 32.2. The van der Waals surface area contributed by atoms with Gasteiger partial charge in [0, 0.05) is 15.0 Å².